The predicted molar refractivity (Wildman–Crippen MR) is 78.8 cm³/mol. The van der Waals surface area contributed by atoms with E-state index in [-0.39, 0.29) is 0 Å². The van der Waals surface area contributed by atoms with Crippen molar-refractivity contribution in [3.8, 4) is 0 Å². The van der Waals surface area contributed by atoms with Gasteiger partial charge in [0.25, 0.3) is 0 Å². The van der Waals surface area contributed by atoms with Gasteiger partial charge in [0.2, 0.25) is 0 Å². The summed E-state index contributed by atoms with van der Waals surface area (Å²) in [4.78, 5) is 8.89. The average Bonchev–Trinajstić information content (AvgIpc) is 2.35. The lowest BCUT2D eigenvalue weighted by atomic mass is 10.0. The van der Waals surface area contributed by atoms with Gasteiger partial charge in [-0.05, 0) is 38.3 Å². The van der Waals surface area contributed by atoms with Crippen molar-refractivity contribution in [2.75, 3.05) is 0 Å². The molecule has 1 aromatic rings. The first-order valence-electron chi connectivity index (χ1n) is 6.25. The summed E-state index contributed by atoms with van der Waals surface area (Å²) >= 11 is 0. The Bertz CT molecular complexity index is 479. The van der Waals surface area contributed by atoms with Gasteiger partial charge in [-0.25, -0.2) is 0 Å². The van der Waals surface area contributed by atoms with Gasteiger partial charge in [0.15, 0.2) is 0 Å². The van der Waals surface area contributed by atoms with Crippen molar-refractivity contribution in [1.82, 2.24) is 4.98 Å². The monoisotopic (exact) mass is 242 g/mol. The molecule has 0 amide bonds. The summed E-state index contributed by atoms with van der Waals surface area (Å²) in [6, 6.07) is 3.96. The van der Waals surface area contributed by atoms with Crippen molar-refractivity contribution in [1.29, 1.82) is 0 Å². The number of aromatic nitrogens is 1. The van der Waals surface area contributed by atoms with Gasteiger partial charge in [0.1, 0.15) is 0 Å². The van der Waals surface area contributed by atoms with Crippen LogP contribution in [0, 0.1) is 5.92 Å². The van der Waals surface area contributed by atoms with E-state index in [1.165, 1.54) is 5.57 Å². The fourth-order valence-corrected chi connectivity index (χ4v) is 1.69. The van der Waals surface area contributed by atoms with E-state index in [9.17, 15) is 0 Å². The highest BCUT2D eigenvalue weighted by atomic mass is 14.8. The summed E-state index contributed by atoms with van der Waals surface area (Å²) in [6.07, 6.45) is 3.61. The first-order valence-corrected chi connectivity index (χ1v) is 6.25. The number of hydrogen-bond donors (Lipinski definition) is 0. The van der Waals surface area contributed by atoms with Gasteiger partial charge in [0.05, 0.1) is 0 Å². The van der Waals surface area contributed by atoms with Crippen molar-refractivity contribution in [3.63, 3.8) is 0 Å². The molecule has 0 N–H and O–H groups in total. The van der Waals surface area contributed by atoms with Crippen LogP contribution in [0.25, 0.3) is 0 Å². The first kappa shape index (κ1) is 14.4. The first-order chi connectivity index (χ1) is 8.43. The van der Waals surface area contributed by atoms with E-state index in [0.717, 1.165) is 22.5 Å². The molecule has 1 aromatic heterocycles. The second kappa shape index (κ2) is 6.29. The molecule has 2 heteroatoms. The largest absolute Gasteiger partial charge is 0.264 e. The second-order valence-electron chi connectivity index (χ2n) is 4.88. The van der Waals surface area contributed by atoms with E-state index < -0.39 is 0 Å². The van der Waals surface area contributed by atoms with Crippen molar-refractivity contribution < 1.29 is 0 Å². The van der Waals surface area contributed by atoms with Crippen LogP contribution < -0.4 is 0 Å². The molecule has 0 aromatic carbocycles. The Balaban J connectivity index is 3.19. The third kappa shape index (κ3) is 3.66. The van der Waals surface area contributed by atoms with E-state index in [1.807, 2.05) is 32.2 Å². The summed E-state index contributed by atoms with van der Waals surface area (Å²) in [5.74, 6) is 0.383. The van der Waals surface area contributed by atoms with Gasteiger partial charge >= 0.3 is 0 Å². The molecule has 0 atom stereocenters. The van der Waals surface area contributed by atoms with Crippen LogP contribution in [0.2, 0.25) is 0 Å². The average molecular weight is 242 g/mol. The lowest BCUT2D eigenvalue weighted by Crippen LogP contribution is -2.02. The van der Waals surface area contributed by atoms with E-state index in [2.05, 4.69) is 32.3 Å². The lowest BCUT2D eigenvalue weighted by Gasteiger charge is -2.13. The molecule has 2 nitrogen and oxygen atoms in total. The van der Waals surface area contributed by atoms with Crippen molar-refractivity contribution >= 4 is 5.71 Å². The maximum atomic E-state index is 4.76. The van der Waals surface area contributed by atoms with Crippen LogP contribution in [0.3, 0.4) is 0 Å². The molecule has 1 rings (SSSR count). The third-order valence-electron chi connectivity index (χ3n) is 2.94. The van der Waals surface area contributed by atoms with Gasteiger partial charge < -0.3 is 0 Å². The molecular weight excluding hydrogens is 220 g/mol. The van der Waals surface area contributed by atoms with Crippen LogP contribution in [0.1, 0.15) is 40.2 Å². The molecule has 0 aliphatic rings. The maximum Gasteiger partial charge on any atom is 0.0463 e. The van der Waals surface area contributed by atoms with Gasteiger partial charge in [0, 0.05) is 29.4 Å². The Labute approximate surface area is 110 Å². The van der Waals surface area contributed by atoms with Gasteiger partial charge in [-0.15, -0.1) is 0 Å². The summed E-state index contributed by atoms with van der Waals surface area (Å²) in [5.41, 5.74) is 5.40. The molecule has 0 saturated carbocycles. The molecule has 0 aliphatic carbocycles. The van der Waals surface area contributed by atoms with E-state index >= 15 is 0 Å². The number of nitrogens with zero attached hydrogens (tertiary/aromatic N) is 2. The third-order valence-corrected chi connectivity index (χ3v) is 2.94. The minimum absolute atomic E-state index is 0.383. The molecule has 18 heavy (non-hydrogen) atoms. The molecule has 0 aliphatic heterocycles. The number of rotatable bonds is 4. The zero-order valence-corrected chi connectivity index (χ0v) is 12.0. The molecule has 0 bridgehead atoms. The van der Waals surface area contributed by atoms with E-state index in [4.69, 9.17) is 4.99 Å². The molecule has 0 radical (unpaired) electrons. The Hall–Kier alpha value is -1.70. The number of pyridine rings is 1. The highest BCUT2D eigenvalue weighted by Crippen LogP contribution is 2.21. The second-order valence-corrected chi connectivity index (χ2v) is 4.88. The molecule has 0 unspecified atom stereocenters. The van der Waals surface area contributed by atoms with Gasteiger partial charge in [-0.3, -0.25) is 9.98 Å². The predicted octanol–water partition coefficient (Wildman–Crippen LogP) is 4.40. The Morgan fingerprint density at radius 3 is 2.39 bits per heavy atom. The Kier molecular flexibility index (Phi) is 5.02. The minimum Gasteiger partial charge on any atom is -0.264 e. The van der Waals surface area contributed by atoms with Crippen LogP contribution in [0.15, 0.2) is 52.9 Å². The highest BCUT2D eigenvalue weighted by molar-refractivity contribution is 5.99. The minimum atomic E-state index is 0.383. The molecular formula is C16H22N2. The summed E-state index contributed by atoms with van der Waals surface area (Å²) in [6.45, 7) is 14.4. The zero-order valence-electron chi connectivity index (χ0n) is 12.0. The van der Waals surface area contributed by atoms with E-state index in [1.54, 1.807) is 6.20 Å². The van der Waals surface area contributed by atoms with Crippen LogP contribution in [0.4, 0.5) is 0 Å². The molecule has 0 fully saturated rings. The molecule has 96 valence electrons. The summed E-state index contributed by atoms with van der Waals surface area (Å²) in [5, 5.41) is 0. The number of aliphatic imine (C=N–C) groups is 1. The molecule has 1 heterocycles. The quantitative estimate of drug-likeness (QED) is 0.567. The highest BCUT2D eigenvalue weighted by Gasteiger charge is 2.08. The zero-order chi connectivity index (χ0) is 13.7. The van der Waals surface area contributed by atoms with Crippen molar-refractivity contribution in [2.24, 2.45) is 10.9 Å². The Morgan fingerprint density at radius 1 is 1.28 bits per heavy atom. The van der Waals surface area contributed by atoms with Gasteiger partial charge in [-0.1, -0.05) is 32.1 Å². The van der Waals surface area contributed by atoms with Crippen LogP contribution in [-0.4, -0.2) is 10.7 Å². The summed E-state index contributed by atoms with van der Waals surface area (Å²) in [7, 11) is 0. The lowest BCUT2D eigenvalue weighted by molar-refractivity contribution is 0.746. The van der Waals surface area contributed by atoms with E-state index in [0.29, 0.717) is 5.92 Å². The maximum absolute atomic E-state index is 4.76. The van der Waals surface area contributed by atoms with Crippen molar-refractivity contribution in [3.05, 3.63) is 53.5 Å². The molecule has 0 spiro atoms. The SMILES string of the molecule is C=C(C)/C(C)=C(/N=C(\C)c1cccnc1)C(C)C. The molecule has 0 saturated heterocycles. The standard InChI is InChI=1S/C16H22N2/c1-11(2)13(5)16(12(3)4)18-14(6)15-8-7-9-17-10-15/h7-10,12H,1H2,2-6H3/b16-13+,18-14+. The number of allylic oxidation sites excluding steroid dienone is 3. The van der Waals surface area contributed by atoms with Crippen molar-refractivity contribution in [2.45, 2.75) is 34.6 Å². The fraction of sp³-hybridized carbons (Fsp3) is 0.375. The summed E-state index contributed by atoms with van der Waals surface area (Å²) < 4.78 is 0. The van der Waals surface area contributed by atoms with Crippen LogP contribution in [-0.2, 0) is 0 Å². The van der Waals surface area contributed by atoms with Gasteiger partial charge in [-0.2, -0.15) is 0 Å². The Morgan fingerprint density at radius 2 is 1.94 bits per heavy atom. The number of hydrogen-bond acceptors (Lipinski definition) is 2. The topological polar surface area (TPSA) is 25.2 Å². The smallest absolute Gasteiger partial charge is 0.0463 e. The van der Waals surface area contributed by atoms with Crippen LogP contribution >= 0.6 is 0 Å². The fourth-order valence-electron chi connectivity index (χ4n) is 1.69. The van der Waals surface area contributed by atoms with Crippen LogP contribution in [0.5, 0.6) is 0 Å². The normalized spacial score (nSPS) is 13.6.